The minimum Gasteiger partial charge on any atom is -0.489 e. The average Bonchev–Trinajstić information content (AvgIpc) is 2.87. The molecule has 0 saturated heterocycles. The Hall–Kier alpha value is -3.78. The maximum absolute atomic E-state index is 13.3. The lowest BCUT2D eigenvalue weighted by Gasteiger charge is -2.26. The molecule has 3 aromatic rings. The lowest BCUT2D eigenvalue weighted by atomic mass is 9.99. The summed E-state index contributed by atoms with van der Waals surface area (Å²) in [7, 11) is 0. The molecule has 35 heavy (non-hydrogen) atoms. The molecule has 0 aliphatic rings. The van der Waals surface area contributed by atoms with Crippen LogP contribution in [-0.2, 0) is 22.6 Å². The van der Waals surface area contributed by atoms with Gasteiger partial charge in [0.05, 0.1) is 5.56 Å². The Morgan fingerprint density at radius 3 is 2.23 bits per heavy atom. The summed E-state index contributed by atoms with van der Waals surface area (Å²) in [6, 6.07) is 22.8. The minimum absolute atomic E-state index is 0.185. The van der Waals surface area contributed by atoms with Gasteiger partial charge in [0, 0.05) is 23.4 Å². The van der Waals surface area contributed by atoms with Crippen LogP contribution in [0.3, 0.4) is 0 Å². The molecular weight excluding hydrogens is 466 g/mol. The van der Waals surface area contributed by atoms with Crippen LogP contribution < -0.4 is 9.64 Å². The fourth-order valence-corrected chi connectivity index (χ4v) is 3.92. The minimum atomic E-state index is -1.12. The van der Waals surface area contributed by atoms with Gasteiger partial charge in [0.1, 0.15) is 18.9 Å². The van der Waals surface area contributed by atoms with Gasteiger partial charge in [0.2, 0.25) is 5.91 Å². The Morgan fingerprint density at radius 1 is 0.886 bits per heavy atom. The highest BCUT2D eigenvalue weighted by Crippen LogP contribution is 2.25. The van der Waals surface area contributed by atoms with Crippen molar-refractivity contribution in [1.29, 1.82) is 0 Å². The van der Waals surface area contributed by atoms with Crippen LogP contribution in [0.4, 0.5) is 5.69 Å². The number of rotatable bonds is 12. The number of aliphatic carboxylic acids is 1. The van der Waals surface area contributed by atoms with Gasteiger partial charge in [0.15, 0.2) is 0 Å². The number of aryl methyl sites for hydroxylation is 1. The van der Waals surface area contributed by atoms with Crippen LogP contribution in [0.2, 0.25) is 0 Å². The maximum Gasteiger partial charge on any atom is 0.335 e. The van der Waals surface area contributed by atoms with Gasteiger partial charge < -0.3 is 19.8 Å². The molecule has 1 unspecified atom stereocenters. The predicted molar refractivity (Wildman–Crippen MR) is 136 cm³/mol. The smallest absolute Gasteiger partial charge is 0.335 e. The molecule has 8 heteroatoms. The molecule has 1 amide bonds. The molecule has 0 aliphatic heterocycles. The maximum atomic E-state index is 13.3. The van der Waals surface area contributed by atoms with Crippen LogP contribution in [0.5, 0.6) is 5.75 Å². The van der Waals surface area contributed by atoms with E-state index in [1.54, 1.807) is 36.4 Å². The van der Waals surface area contributed by atoms with Crippen LogP contribution in [0.1, 0.15) is 27.9 Å². The molecule has 0 fully saturated rings. The number of aromatic carboxylic acids is 1. The zero-order valence-electron chi connectivity index (χ0n) is 19.0. The fourth-order valence-electron chi connectivity index (χ4n) is 3.58. The topological polar surface area (TPSA) is 104 Å². The molecule has 0 aromatic heterocycles. The number of anilines is 1. The van der Waals surface area contributed by atoms with E-state index < -0.39 is 24.4 Å². The average molecular weight is 494 g/mol. The molecule has 2 N–H and O–H groups in total. The number of benzene rings is 3. The lowest BCUT2D eigenvalue weighted by molar-refractivity contribution is -0.137. The van der Waals surface area contributed by atoms with Crippen molar-refractivity contribution in [3.8, 4) is 5.75 Å². The number of hydrogen-bond acceptors (Lipinski definition) is 5. The summed E-state index contributed by atoms with van der Waals surface area (Å²) >= 11 is 4.36. The van der Waals surface area contributed by atoms with E-state index in [1.807, 2.05) is 30.3 Å². The summed E-state index contributed by atoms with van der Waals surface area (Å²) in [5, 5.41) is 18.5. The fraction of sp³-hybridized carbons (Fsp3) is 0.222. The number of amides is 1. The molecule has 0 aliphatic carbocycles. The van der Waals surface area contributed by atoms with Crippen molar-refractivity contribution in [3.63, 3.8) is 0 Å². The molecule has 0 radical (unpaired) electrons. The Bertz CT molecular complexity index is 1150. The molecule has 0 spiro atoms. The van der Waals surface area contributed by atoms with Gasteiger partial charge in [-0.05, 0) is 48.2 Å². The lowest BCUT2D eigenvalue weighted by Crippen LogP contribution is -2.40. The number of hydrogen-bond donors (Lipinski definition) is 3. The zero-order valence-corrected chi connectivity index (χ0v) is 19.9. The summed E-state index contributed by atoms with van der Waals surface area (Å²) < 4.78 is 5.81. The van der Waals surface area contributed by atoms with Crippen molar-refractivity contribution in [2.75, 3.05) is 17.2 Å². The van der Waals surface area contributed by atoms with E-state index in [-0.39, 0.29) is 18.1 Å². The quantitative estimate of drug-likeness (QED) is 0.320. The number of thiol groups is 1. The number of nitrogens with zero attached hydrogens (tertiary/aromatic N) is 1. The number of carboxylic acids is 2. The molecule has 182 valence electrons. The summed E-state index contributed by atoms with van der Waals surface area (Å²) in [5.41, 5.74) is 2.48. The zero-order chi connectivity index (χ0) is 25.2. The van der Waals surface area contributed by atoms with E-state index in [0.29, 0.717) is 30.0 Å². The molecule has 3 aromatic carbocycles. The van der Waals surface area contributed by atoms with Crippen LogP contribution in [0.25, 0.3) is 0 Å². The van der Waals surface area contributed by atoms with E-state index in [9.17, 15) is 19.5 Å². The monoisotopic (exact) mass is 493 g/mol. The standard InChI is InChI=1S/C27H27NO6S/c29-25(30)16-28(26(31)22(18-35)14-9-19-5-2-1-3-6-19)23-7-4-8-24(15-23)34-17-20-10-12-21(13-11-20)27(32)33/h1-8,10-13,15,22,35H,9,14,16-18H2,(H,29,30)(H,32,33). The number of carbonyl (C=O) groups is 3. The van der Waals surface area contributed by atoms with Crippen LogP contribution >= 0.6 is 12.6 Å². The van der Waals surface area contributed by atoms with E-state index in [2.05, 4.69) is 12.6 Å². The first-order valence-corrected chi connectivity index (χ1v) is 11.7. The van der Waals surface area contributed by atoms with Crippen molar-refractivity contribution in [3.05, 3.63) is 95.6 Å². The molecule has 0 saturated carbocycles. The first-order chi connectivity index (χ1) is 16.9. The Kier molecular flexibility index (Phi) is 9.31. The van der Waals surface area contributed by atoms with Crippen LogP contribution in [0, 0.1) is 5.92 Å². The largest absolute Gasteiger partial charge is 0.489 e. The second-order valence-corrected chi connectivity index (χ2v) is 8.38. The van der Waals surface area contributed by atoms with Gasteiger partial charge in [-0.2, -0.15) is 12.6 Å². The summed E-state index contributed by atoms with van der Waals surface area (Å²) in [5.74, 6) is -2.12. The normalized spacial score (nSPS) is 11.5. The van der Waals surface area contributed by atoms with Gasteiger partial charge in [-0.25, -0.2) is 4.79 Å². The molecule has 7 nitrogen and oxygen atoms in total. The Morgan fingerprint density at radius 2 is 1.60 bits per heavy atom. The highest BCUT2D eigenvalue weighted by molar-refractivity contribution is 7.80. The van der Waals surface area contributed by atoms with Crippen LogP contribution in [0.15, 0.2) is 78.9 Å². The van der Waals surface area contributed by atoms with E-state index >= 15 is 0 Å². The third kappa shape index (κ3) is 7.61. The number of ether oxygens (including phenoxy) is 1. The SMILES string of the molecule is O=C(O)CN(C(=O)C(CS)CCc1ccccc1)c1cccc(OCc2ccc(C(=O)O)cc2)c1. The van der Waals surface area contributed by atoms with Crippen molar-refractivity contribution in [2.24, 2.45) is 5.92 Å². The number of carbonyl (C=O) groups excluding carboxylic acids is 1. The van der Waals surface area contributed by atoms with Gasteiger partial charge in [-0.1, -0.05) is 48.5 Å². The molecular formula is C27H27NO6S. The first kappa shape index (κ1) is 25.8. The second-order valence-electron chi connectivity index (χ2n) is 8.01. The van der Waals surface area contributed by atoms with E-state index in [0.717, 1.165) is 11.1 Å². The first-order valence-electron chi connectivity index (χ1n) is 11.1. The van der Waals surface area contributed by atoms with Crippen LogP contribution in [-0.4, -0.2) is 40.4 Å². The third-order valence-electron chi connectivity index (χ3n) is 5.49. The highest BCUT2D eigenvalue weighted by atomic mass is 32.1. The van der Waals surface area contributed by atoms with E-state index in [1.165, 1.54) is 17.0 Å². The van der Waals surface area contributed by atoms with Crippen molar-refractivity contribution < 1.29 is 29.3 Å². The summed E-state index contributed by atoms with van der Waals surface area (Å²) in [6.45, 7) is -0.291. The Labute approximate surface area is 209 Å². The molecule has 0 bridgehead atoms. The van der Waals surface area contributed by atoms with Gasteiger partial charge in [0.25, 0.3) is 0 Å². The second kappa shape index (κ2) is 12.6. The van der Waals surface area contributed by atoms with Crippen molar-refractivity contribution >= 4 is 36.2 Å². The Balaban J connectivity index is 1.72. The molecule has 1 atom stereocenters. The van der Waals surface area contributed by atoms with Gasteiger partial charge in [-0.3, -0.25) is 9.59 Å². The highest BCUT2D eigenvalue weighted by Gasteiger charge is 2.26. The van der Waals surface area contributed by atoms with Crippen molar-refractivity contribution in [1.82, 2.24) is 0 Å². The van der Waals surface area contributed by atoms with Gasteiger partial charge >= 0.3 is 11.9 Å². The summed E-state index contributed by atoms with van der Waals surface area (Å²) in [4.78, 5) is 37.1. The molecule has 0 heterocycles. The molecule has 3 rings (SSSR count). The third-order valence-corrected chi connectivity index (χ3v) is 5.93. The van der Waals surface area contributed by atoms with E-state index in [4.69, 9.17) is 9.84 Å². The summed E-state index contributed by atoms with van der Waals surface area (Å²) in [6.07, 6.45) is 1.23. The number of carboxylic acid groups (broad SMARTS) is 2. The van der Waals surface area contributed by atoms with Gasteiger partial charge in [-0.15, -0.1) is 0 Å². The van der Waals surface area contributed by atoms with Crippen molar-refractivity contribution in [2.45, 2.75) is 19.4 Å². The predicted octanol–water partition coefficient (Wildman–Crippen LogP) is 4.56.